The third-order valence-electron chi connectivity index (χ3n) is 3.88. The highest BCUT2D eigenvalue weighted by atomic mass is 32.2. The lowest BCUT2D eigenvalue weighted by Crippen LogP contribution is -2.44. The molecule has 1 amide bonds. The number of benzene rings is 1. The Labute approximate surface area is 151 Å². The Morgan fingerprint density at radius 2 is 2.04 bits per heavy atom. The van der Waals surface area contributed by atoms with E-state index in [-0.39, 0.29) is 0 Å². The van der Waals surface area contributed by atoms with Crippen molar-refractivity contribution < 1.29 is 14.3 Å². The van der Waals surface area contributed by atoms with Crippen LogP contribution in [0.1, 0.15) is 24.0 Å². The Balaban J connectivity index is 2.57. The topological polar surface area (TPSA) is 79.2 Å². The molecule has 2 rings (SSSR count). The molecule has 0 bridgehead atoms. The normalized spacial score (nSPS) is 19.8. The zero-order chi connectivity index (χ0) is 18.6. The number of rotatable bonds is 5. The van der Waals surface area contributed by atoms with Crippen molar-refractivity contribution in [1.29, 1.82) is 5.26 Å². The molecule has 0 radical (unpaired) electrons. The second-order valence-corrected chi connectivity index (χ2v) is 6.96. The lowest BCUT2D eigenvalue weighted by atomic mass is 9.78. The minimum Gasteiger partial charge on any atom is -0.468 e. The van der Waals surface area contributed by atoms with Gasteiger partial charge in [-0.2, -0.15) is 5.26 Å². The SMILES string of the molecule is C=C(C)CSC1=C(C#N)C(c2ccc(C)cc2)C(C(=O)OC)C(=O)N1. The highest BCUT2D eigenvalue weighted by Crippen LogP contribution is 2.40. The molecular formula is C19H20N2O3S. The molecule has 25 heavy (non-hydrogen) atoms. The van der Waals surface area contributed by atoms with Crippen LogP contribution in [0.5, 0.6) is 0 Å². The van der Waals surface area contributed by atoms with Crippen molar-refractivity contribution in [3.63, 3.8) is 0 Å². The van der Waals surface area contributed by atoms with E-state index < -0.39 is 23.7 Å². The van der Waals surface area contributed by atoms with E-state index in [0.717, 1.165) is 16.7 Å². The Bertz CT molecular complexity index is 775. The van der Waals surface area contributed by atoms with Gasteiger partial charge < -0.3 is 10.1 Å². The number of nitriles is 1. The minimum atomic E-state index is -1.09. The molecule has 1 aromatic carbocycles. The van der Waals surface area contributed by atoms with Crippen LogP contribution in [-0.2, 0) is 14.3 Å². The van der Waals surface area contributed by atoms with E-state index in [1.165, 1.54) is 18.9 Å². The van der Waals surface area contributed by atoms with Crippen molar-refractivity contribution in [1.82, 2.24) is 5.32 Å². The van der Waals surface area contributed by atoms with Crippen molar-refractivity contribution in [2.45, 2.75) is 19.8 Å². The maximum absolute atomic E-state index is 12.6. The van der Waals surface area contributed by atoms with E-state index in [1.807, 2.05) is 38.1 Å². The number of ether oxygens (including phenoxy) is 1. The quantitative estimate of drug-likeness (QED) is 0.498. The monoisotopic (exact) mass is 356 g/mol. The first-order valence-electron chi connectivity index (χ1n) is 7.75. The van der Waals surface area contributed by atoms with Crippen LogP contribution in [0.2, 0.25) is 0 Å². The average Bonchev–Trinajstić information content (AvgIpc) is 2.59. The summed E-state index contributed by atoms with van der Waals surface area (Å²) in [6.07, 6.45) is 0. The van der Waals surface area contributed by atoms with E-state index in [0.29, 0.717) is 16.4 Å². The number of carbonyl (C=O) groups is 2. The molecule has 0 aromatic heterocycles. The van der Waals surface area contributed by atoms with Gasteiger partial charge in [-0.25, -0.2) is 0 Å². The fourth-order valence-electron chi connectivity index (χ4n) is 2.65. The number of esters is 1. The fraction of sp³-hybridized carbons (Fsp3) is 0.316. The Hall–Kier alpha value is -2.52. The van der Waals surface area contributed by atoms with Gasteiger partial charge in [0.25, 0.3) is 0 Å². The Kier molecular flexibility index (Phi) is 6.05. The van der Waals surface area contributed by atoms with Crippen LogP contribution in [0.3, 0.4) is 0 Å². The molecule has 2 atom stereocenters. The largest absolute Gasteiger partial charge is 0.468 e. The molecule has 0 saturated heterocycles. The molecule has 5 nitrogen and oxygen atoms in total. The van der Waals surface area contributed by atoms with Crippen LogP contribution in [0.25, 0.3) is 0 Å². The van der Waals surface area contributed by atoms with Gasteiger partial charge in [0, 0.05) is 11.7 Å². The molecule has 6 heteroatoms. The summed E-state index contributed by atoms with van der Waals surface area (Å²) in [7, 11) is 1.24. The molecule has 130 valence electrons. The molecular weight excluding hydrogens is 336 g/mol. The van der Waals surface area contributed by atoms with Crippen molar-refractivity contribution >= 4 is 23.6 Å². The highest BCUT2D eigenvalue weighted by Gasteiger charge is 2.44. The van der Waals surface area contributed by atoms with Crippen molar-refractivity contribution in [3.8, 4) is 6.07 Å². The summed E-state index contributed by atoms with van der Waals surface area (Å²) in [4.78, 5) is 24.8. The molecule has 1 aromatic rings. The summed E-state index contributed by atoms with van der Waals surface area (Å²) >= 11 is 1.34. The number of hydrogen-bond acceptors (Lipinski definition) is 5. The number of methoxy groups -OCH3 is 1. The van der Waals surface area contributed by atoms with E-state index in [1.54, 1.807) is 0 Å². The second kappa shape index (κ2) is 8.04. The highest BCUT2D eigenvalue weighted by molar-refractivity contribution is 8.03. The van der Waals surface area contributed by atoms with Crippen LogP contribution in [0.4, 0.5) is 0 Å². The van der Waals surface area contributed by atoms with E-state index in [9.17, 15) is 14.9 Å². The smallest absolute Gasteiger partial charge is 0.319 e. The van der Waals surface area contributed by atoms with Crippen molar-refractivity contribution in [2.75, 3.05) is 12.9 Å². The maximum Gasteiger partial charge on any atom is 0.319 e. The number of nitrogens with one attached hydrogen (secondary N) is 1. The van der Waals surface area contributed by atoms with E-state index >= 15 is 0 Å². The summed E-state index contributed by atoms with van der Waals surface area (Å²) in [5.41, 5.74) is 3.08. The average molecular weight is 356 g/mol. The predicted octanol–water partition coefficient (Wildman–Crippen LogP) is 3.04. The standard InChI is InChI=1S/C19H20N2O3S/c1-11(2)10-25-18-14(9-20)15(13-7-5-12(3)6-8-13)16(17(22)21-18)19(23)24-4/h5-8,15-16H,1,10H2,2-4H3,(H,21,22). The molecule has 1 N–H and O–H groups in total. The van der Waals surface area contributed by atoms with Crippen LogP contribution in [0, 0.1) is 24.2 Å². The predicted molar refractivity (Wildman–Crippen MR) is 97.5 cm³/mol. The van der Waals surface area contributed by atoms with Gasteiger partial charge in [-0.3, -0.25) is 9.59 Å². The number of amides is 1. The first-order valence-corrected chi connectivity index (χ1v) is 8.74. The molecule has 0 aliphatic carbocycles. The molecule has 1 heterocycles. The minimum absolute atomic E-state index is 0.366. The summed E-state index contributed by atoms with van der Waals surface area (Å²) in [6.45, 7) is 7.66. The number of aryl methyl sites for hydroxylation is 1. The summed E-state index contributed by atoms with van der Waals surface area (Å²) < 4.78 is 4.81. The van der Waals surface area contributed by atoms with E-state index in [4.69, 9.17) is 4.74 Å². The lowest BCUT2D eigenvalue weighted by molar-refractivity contribution is -0.150. The number of allylic oxidation sites excluding steroid dienone is 1. The first kappa shape index (κ1) is 18.8. The third-order valence-corrected chi connectivity index (χ3v) is 5.13. The third kappa shape index (κ3) is 4.12. The van der Waals surface area contributed by atoms with Crippen LogP contribution >= 0.6 is 11.8 Å². The molecule has 0 fully saturated rings. The molecule has 2 unspecified atom stereocenters. The summed E-state index contributed by atoms with van der Waals surface area (Å²) in [5, 5.41) is 12.9. The van der Waals surface area contributed by atoms with Crippen molar-refractivity contribution in [2.24, 2.45) is 5.92 Å². The molecule has 0 spiro atoms. The molecule has 1 aliphatic heterocycles. The van der Waals surface area contributed by atoms with Gasteiger partial charge in [0.05, 0.1) is 23.8 Å². The summed E-state index contributed by atoms with van der Waals surface area (Å²) in [6, 6.07) is 9.65. The Morgan fingerprint density at radius 1 is 1.40 bits per heavy atom. The first-order chi connectivity index (χ1) is 11.9. The number of hydrogen-bond donors (Lipinski definition) is 1. The fourth-order valence-corrected chi connectivity index (χ4v) is 3.54. The van der Waals surface area contributed by atoms with Gasteiger partial charge in [0.15, 0.2) is 0 Å². The van der Waals surface area contributed by atoms with Gasteiger partial charge >= 0.3 is 5.97 Å². The number of carbonyl (C=O) groups excluding carboxylic acids is 2. The zero-order valence-electron chi connectivity index (χ0n) is 14.5. The number of thioether (sulfide) groups is 1. The second-order valence-electron chi connectivity index (χ2n) is 5.98. The molecule has 1 aliphatic rings. The van der Waals surface area contributed by atoms with Gasteiger partial charge in [0.1, 0.15) is 5.92 Å². The number of nitrogens with zero attached hydrogens (tertiary/aromatic N) is 1. The zero-order valence-corrected chi connectivity index (χ0v) is 15.3. The lowest BCUT2D eigenvalue weighted by Gasteiger charge is -2.31. The van der Waals surface area contributed by atoms with Crippen LogP contribution < -0.4 is 5.32 Å². The Morgan fingerprint density at radius 3 is 2.56 bits per heavy atom. The molecule has 0 saturated carbocycles. The van der Waals surface area contributed by atoms with Gasteiger partial charge in [-0.05, 0) is 19.4 Å². The van der Waals surface area contributed by atoms with Crippen LogP contribution in [0.15, 0.2) is 47.0 Å². The van der Waals surface area contributed by atoms with Gasteiger partial charge in [-0.1, -0.05) is 42.0 Å². The van der Waals surface area contributed by atoms with E-state index in [2.05, 4.69) is 18.0 Å². The van der Waals surface area contributed by atoms with Gasteiger partial charge in [0.2, 0.25) is 5.91 Å². The maximum atomic E-state index is 12.6. The summed E-state index contributed by atoms with van der Waals surface area (Å²) in [5.74, 6) is -2.29. The van der Waals surface area contributed by atoms with Crippen molar-refractivity contribution in [3.05, 3.63) is 58.1 Å². The van der Waals surface area contributed by atoms with Gasteiger partial charge in [-0.15, -0.1) is 11.8 Å². The van der Waals surface area contributed by atoms with Crippen LogP contribution in [-0.4, -0.2) is 24.7 Å².